The molecule has 8 nitrogen and oxygen atoms in total. The molecular weight excluding hydrogens is 306 g/mol. The van der Waals surface area contributed by atoms with E-state index in [2.05, 4.69) is 4.99 Å². The minimum Gasteiger partial charge on any atom is -0.423 e. The maximum Gasteiger partial charge on any atom is 0.336 e. The molecule has 124 valence electrons. The fourth-order valence-electron chi connectivity index (χ4n) is 1.93. The van der Waals surface area contributed by atoms with E-state index >= 15 is 0 Å². The fraction of sp³-hybridized carbons (Fsp3) is 0.333. The zero-order valence-corrected chi connectivity index (χ0v) is 12.0. The Hall–Kier alpha value is -2.10. The van der Waals surface area contributed by atoms with Crippen LogP contribution in [0, 0.1) is 0 Å². The summed E-state index contributed by atoms with van der Waals surface area (Å²) in [5, 5.41) is 47.4. The number of hydrogen-bond donors (Lipinski definition) is 5. The van der Waals surface area contributed by atoms with Gasteiger partial charge in [-0.3, -0.25) is 4.99 Å². The van der Waals surface area contributed by atoms with E-state index in [1.165, 1.54) is 12.1 Å². The highest BCUT2D eigenvalue weighted by Gasteiger charge is 2.29. The van der Waals surface area contributed by atoms with E-state index in [0.29, 0.717) is 16.7 Å². The normalized spacial score (nSPS) is 17.3. The van der Waals surface area contributed by atoms with Crippen molar-refractivity contribution in [2.45, 2.75) is 24.4 Å². The van der Waals surface area contributed by atoms with E-state index in [-0.39, 0.29) is 0 Å². The average molecular weight is 323 g/mol. The molecule has 0 bridgehead atoms. The molecule has 0 saturated heterocycles. The monoisotopic (exact) mass is 323 g/mol. The number of rotatable bonds is 6. The zero-order chi connectivity index (χ0) is 17.0. The first-order chi connectivity index (χ1) is 10.9. The van der Waals surface area contributed by atoms with Crippen LogP contribution in [0.2, 0.25) is 0 Å². The molecule has 0 fully saturated rings. The Labute approximate surface area is 130 Å². The largest absolute Gasteiger partial charge is 0.423 e. The molecule has 4 unspecified atom stereocenters. The summed E-state index contributed by atoms with van der Waals surface area (Å²) in [5.74, 6) is 0. The number of hydrogen-bond acceptors (Lipinski definition) is 8. The molecule has 2 rings (SSSR count). The van der Waals surface area contributed by atoms with Gasteiger partial charge in [0.2, 0.25) is 0 Å². The van der Waals surface area contributed by atoms with Gasteiger partial charge in [-0.05, 0) is 24.3 Å². The molecule has 0 saturated carbocycles. The molecule has 1 aromatic carbocycles. The van der Waals surface area contributed by atoms with Crippen LogP contribution < -0.4 is 5.63 Å². The van der Waals surface area contributed by atoms with Crippen molar-refractivity contribution in [2.24, 2.45) is 4.99 Å². The van der Waals surface area contributed by atoms with Gasteiger partial charge in [0, 0.05) is 17.7 Å². The minimum atomic E-state index is -1.72. The highest BCUT2D eigenvalue weighted by atomic mass is 16.4. The molecule has 0 radical (unpaired) electrons. The third-order valence-corrected chi connectivity index (χ3v) is 3.26. The van der Waals surface area contributed by atoms with Crippen molar-refractivity contribution in [3.8, 4) is 0 Å². The average Bonchev–Trinajstić information content (AvgIpc) is 2.57. The van der Waals surface area contributed by atoms with Crippen molar-refractivity contribution >= 4 is 22.9 Å². The second-order valence-electron chi connectivity index (χ2n) is 4.98. The van der Waals surface area contributed by atoms with Crippen LogP contribution in [0.15, 0.2) is 44.5 Å². The van der Waals surface area contributed by atoms with Crippen molar-refractivity contribution < 1.29 is 29.9 Å². The SMILES string of the molecule is O=c1ccc2cc(N=CC(O)C(O)C(O)C(O)CO)ccc2o1. The molecule has 23 heavy (non-hydrogen) atoms. The molecule has 0 amide bonds. The molecule has 1 heterocycles. The quantitative estimate of drug-likeness (QED) is 0.336. The van der Waals surface area contributed by atoms with Crippen LogP contribution in [0.4, 0.5) is 5.69 Å². The van der Waals surface area contributed by atoms with Crippen LogP contribution in [0.5, 0.6) is 0 Å². The van der Waals surface area contributed by atoms with Gasteiger partial charge in [0.15, 0.2) is 0 Å². The summed E-state index contributed by atoms with van der Waals surface area (Å²) in [6.07, 6.45) is -5.54. The molecule has 0 aliphatic heterocycles. The Morgan fingerprint density at radius 1 is 1.09 bits per heavy atom. The first kappa shape index (κ1) is 17.3. The lowest BCUT2D eigenvalue weighted by atomic mass is 10.0. The van der Waals surface area contributed by atoms with Gasteiger partial charge in [-0.1, -0.05) is 0 Å². The Balaban J connectivity index is 2.13. The Morgan fingerprint density at radius 3 is 2.52 bits per heavy atom. The summed E-state index contributed by atoms with van der Waals surface area (Å²) in [6, 6.07) is 7.51. The van der Waals surface area contributed by atoms with Gasteiger partial charge < -0.3 is 29.9 Å². The molecule has 2 aromatic rings. The molecule has 4 atom stereocenters. The molecule has 0 aliphatic rings. The standard InChI is InChI=1S/C15H17NO7/c17-7-11(19)15(22)14(21)10(18)6-16-9-2-3-12-8(5-9)1-4-13(20)23-12/h1-6,10-11,14-15,17-19,21-22H,7H2. The van der Waals surface area contributed by atoms with Gasteiger partial charge in [0.05, 0.1) is 12.3 Å². The predicted octanol–water partition coefficient (Wildman–Crippen LogP) is -1.07. The third-order valence-electron chi connectivity index (χ3n) is 3.26. The highest BCUT2D eigenvalue weighted by molar-refractivity contribution is 5.81. The molecule has 0 spiro atoms. The van der Waals surface area contributed by atoms with E-state index in [9.17, 15) is 25.2 Å². The van der Waals surface area contributed by atoms with Crippen molar-refractivity contribution in [1.29, 1.82) is 0 Å². The van der Waals surface area contributed by atoms with Crippen LogP contribution in [0.1, 0.15) is 0 Å². The van der Waals surface area contributed by atoms with Gasteiger partial charge in [-0.15, -0.1) is 0 Å². The van der Waals surface area contributed by atoms with Crippen LogP contribution >= 0.6 is 0 Å². The Bertz CT molecular complexity index is 742. The van der Waals surface area contributed by atoms with Gasteiger partial charge in [-0.2, -0.15) is 0 Å². The van der Waals surface area contributed by atoms with Crippen molar-refractivity contribution in [2.75, 3.05) is 6.61 Å². The van der Waals surface area contributed by atoms with Crippen molar-refractivity contribution in [1.82, 2.24) is 0 Å². The van der Waals surface area contributed by atoms with E-state index in [1.54, 1.807) is 18.2 Å². The van der Waals surface area contributed by atoms with Gasteiger partial charge >= 0.3 is 5.63 Å². The number of aliphatic hydroxyl groups excluding tert-OH is 5. The predicted molar refractivity (Wildman–Crippen MR) is 81.7 cm³/mol. The van der Waals surface area contributed by atoms with E-state index in [1.807, 2.05) is 0 Å². The summed E-state index contributed by atoms with van der Waals surface area (Å²) in [6.45, 7) is -0.752. The minimum absolute atomic E-state index is 0.388. The first-order valence-corrected chi connectivity index (χ1v) is 6.83. The summed E-state index contributed by atoms with van der Waals surface area (Å²) in [5.41, 5.74) is 0.344. The topological polar surface area (TPSA) is 144 Å². The molecule has 1 aromatic heterocycles. The summed E-state index contributed by atoms with van der Waals surface area (Å²) >= 11 is 0. The van der Waals surface area contributed by atoms with Crippen molar-refractivity contribution in [3.05, 3.63) is 40.8 Å². The molecule has 5 N–H and O–H groups in total. The van der Waals surface area contributed by atoms with Gasteiger partial charge in [0.1, 0.15) is 30.0 Å². The molecule has 0 aliphatic carbocycles. The lowest BCUT2D eigenvalue weighted by Gasteiger charge is -2.23. The first-order valence-electron chi connectivity index (χ1n) is 6.83. The third kappa shape index (κ3) is 4.21. The summed E-state index contributed by atoms with van der Waals surface area (Å²) < 4.78 is 4.97. The van der Waals surface area contributed by atoms with Crippen LogP contribution in [-0.2, 0) is 0 Å². The van der Waals surface area contributed by atoms with Gasteiger partial charge in [-0.25, -0.2) is 4.79 Å². The Kier molecular flexibility index (Phi) is 5.59. The number of fused-ring (bicyclic) bond motifs is 1. The second kappa shape index (κ2) is 7.44. The van der Waals surface area contributed by atoms with E-state index < -0.39 is 36.6 Å². The van der Waals surface area contributed by atoms with Crippen LogP contribution in [0.3, 0.4) is 0 Å². The number of benzene rings is 1. The molecule has 8 heteroatoms. The number of aliphatic imine (C=N–C) groups is 1. The number of aliphatic hydroxyl groups is 5. The fourth-order valence-corrected chi connectivity index (χ4v) is 1.93. The highest BCUT2D eigenvalue weighted by Crippen LogP contribution is 2.19. The Morgan fingerprint density at radius 2 is 1.83 bits per heavy atom. The van der Waals surface area contributed by atoms with Crippen molar-refractivity contribution in [3.63, 3.8) is 0 Å². The lowest BCUT2D eigenvalue weighted by Crippen LogP contribution is -2.46. The summed E-state index contributed by atoms with van der Waals surface area (Å²) in [7, 11) is 0. The van der Waals surface area contributed by atoms with E-state index in [0.717, 1.165) is 6.21 Å². The maximum absolute atomic E-state index is 11.1. The van der Waals surface area contributed by atoms with E-state index in [4.69, 9.17) is 9.52 Å². The zero-order valence-electron chi connectivity index (χ0n) is 12.0. The van der Waals surface area contributed by atoms with Crippen LogP contribution in [-0.4, -0.2) is 62.8 Å². The number of nitrogens with zero attached hydrogens (tertiary/aromatic N) is 1. The smallest absolute Gasteiger partial charge is 0.336 e. The molecular formula is C15H17NO7. The second-order valence-corrected chi connectivity index (χ2v) is 4.98. The van der Waals surface area contributed by atoms with Gasteiger partial charge in [0.25, 0.3) is 0 Å². The maximum atomic E-state index is 11.1. The summed E-state index contributed by atoms with van der Waals surface area (Å²) in [4.78, 5) is 15.0. The lowest BCUT2D eigenvalue weighted by molar-refractivity contribution is -0.0999. The van der Waals surface area contributed by atoms with Crippen LogP contribution in [0.25, 0.3) is 11.0 Å².